The highest BCUT2D eigenvalue weighted by Crippen LogP contribution is 2.19. The number of fused-ring (bicyclic) bond motifs is 1. The van der Waals surface area contributed by atoms with Crippen LogP contribution in [0.4, 0.5) is 0 Å². The molecule has 0 bridgehead atoms. The van der Waals surface area contributed by atoms with Gasteiger partial charge in [0, 0.05) is 29.9 Å². The van der Waals surface area contributed by atoms with Gasteiger partial charge in [-0.05, 0) is 43.4 Å². The van der Waals surface area contributed by atoms with Gasteiger partial charge in [0.15, 0.2) is 0 Å². The van der Waals surface area contributed by atoms with E-state index in [-0.39, 0.29) is 19.3 Å². The van der Waals surface area contributed by atoms with E-state index >= 15 is 0 Å². The lowest BCUT2D eigenvalue weighted by Crippen LogP contribution is -2.57. The number of carboxylic acids is 2. The van der Waals surface area contributed by atoms with Crippen LogP contribution >= 0.6 is 11.8 Å². The van der Waals surface area contributed by atoms with Crippen molar-refractivity contribution in [1.29, 1.82) is 0 Å². The van der Waals surface area contributed by atoms with Gasteiger partial charge in [0.1, 0.15) is 18.1 Å². The lowest BCUT2D eigenvalue weighted by Gasteiger charge is -2.25. The molecule has 202 valence electrons. The first-order chi connectivity index (χ1) is 17.5. The monoisotopic (exact) mass is 535 g/mol. The third-order valence-electron chi connectivity index (χ3n) is 5.65. The molecule has 4 unspecified atom stereocenters. The van der Waals surface area contributed by atoms with Crippen molar-refractivity contribution in [2.24, 2.45) is 5.73 Å². The third-order valence-corrected chi connectivity index (χ3v) is 6.29. The summed E-state index contributed by atoms with van der Waals surface area (Å²) in [5, 5.41) is 26.7. The first kappa shape index (κ1) is 29.6. The minimum atomic E-state index is -1.43. The highest BCUT2D eigenvalue weighted by Gasteiger charge is 2.30. The molecule has 1 aromatic carbocycles. The van der Waals surface area contributed by atoms with E-state index in [0.29, 0.717) is 5.75 Å². The number of H-pyrrole nitrogens is 1. The molecule has 0 spiro atoms. The molecule has 2 aromatic rings. The Hall–Kier alpha value is -3.58. The molecule has 8 N–H and O–H groups in total. The summed E-state index contributed by atoms with van der Waals surface area (Å²) in [6, 6.07) is 2.98. The SMILES string of the molecule is CSCCC(NC(=O)C(Cc1c[nH]c2ccccc12)NC(=O)C(C)N)C(=O)NC(CCC(=O)O)C(=O)O. The summed E-state index contributed by atoms with van der Waals surface area (Å²) in [5.41, 5.74) is 7.31. The number of amides is 3. The number of aliphatic carboxylic acids is 2. The number of thioether (sulfide) groups is 1. The third kappa shape index (κ3) is 9.10. The fourth-order valence-corrected chi connectivity index (χ4v) is 4.08. The van der Waals surface area contributed by atoms with Gasteiger partial charge < -0.3 is 36.9 Å². The molecule has 0 fully saturated rings. The van der Waals surface area contributed by atoms with Gasteiger partial charge in [0.25, 0.3) is 0 Å². The van der Waals surface area contributed by atoms with Gasteiger partial charge in [-0.15, -0.1) is 0 Å². The molecule has 4 atom stereocenters. The van der Waals surface area contributed by atoms with Crippen molar-refractivity contribution in [2.75, 3.05) is 12.0 Å². The van der Waals surface area contributed by atoms with Crippen LogP contribution in [0.3, 0.4) is 0 Å². The van der Waals surface area contributed by atoms with Crippen LogP contribution in [0.25, 0.3) is 10.9 Å². The number of nitrogens with two attached hydrogens (primary N) is 1. The van der Waals surface area contributed by atoms with Crippen molar-refractivity contribution < 1.29 is 34.2 Å². The topological polar surface area (TPSA) is 204 Å². The Morgan fingerprint density at radius 1 is 0.946 bits per heavy atom. The van der Waals surface area contributed by atoms with E-state index in [4.69, 9.17) is 10.8 Å². The zero-order valence-corrected chi connectivity index (χ0v) is 21.5. The second-order valence-electron chi connectivity index (χ2n) is 8.59. The predicted molar refractivity (Wildman–Crippen MR) is 139 cm³/mol. The van der Waals surface area contributed by atoms with Crippen LogP contribution in [0, 0.1) is 0 Å². The zero-order valence-electron chi connectivity index (χ0n) is 20.7. The summed E-state index contributed by atoms with van der Waals surface area (Å²) >= 11 is 1.43. The summed E-state index contributed by atoms with van der Waals surface area (Å²) in [7, 11) is 0. The molecular formula is C24H33N5O7S. The fourth-order valence-electron chi connectivity index (χ4n) is 3.61. The van der Waals surface area contributed by atoms with Crippen molar-refractivity contribution in [1.82, 2.24) is 20.9 Å². The second kappa shape index (κ2) is 14.2. The number of hydrogen-bond acceptors (Lipinski definition) is 7. The van der Waals surface area contributed by atoms with Crippen molar-refractivity contribution in [3.8, 4) is 0 Å². The molecule has 1 aromatic heterocycles. The molecule has 2 rings (SSSR count). The highest BCUT2D eigenvalue weighted by molar-refractivity contribution is 7.98. The number of hydrogen-bond donors (Lipinski definition) is 7. The molecule has 13 heteroatoms. The molecule has 37 heavy (non-hydrogen) atoms. The smallest absolute Gasteiger partial charge is 0.326 e. The van der Waals surface area contributed by atoms with E-state index in [1.807, 2.05) is 30.5 Å². The summed E-state index contributed by atoms with van der Waals surface area (Å²) in [6.07, 6.45) is 3.09. The lowest BCUT2D eigenvalue weighted by molar-refractivity contribution is -0.143. The largest absolute Gasteiger partial charge is 0.481 e. The van der Waals surface area contributed by atoms with Gasteiger partial charge in [-0.25, -0.2) is 4.79 Å². The van der Waals surface area contributed by atoms with Crippen LogP contribution in [0.1, 0.15) is 31.7 Å². The molecule has 0 radical (unpaired) electrons. The van der Waals surface area contributed by atoms with Gasteiger partial charge in [0.2, 0.25) is 17.7 Å². The van der Waals surface area contributed by atoms with Crippen molar-refractivity contribution in [2.45, 2.75) is 56.8 Å². The first-order valence-electron chi connectivity index (χ1n) is 11.7. The summed E-state index contributed by atoms with van der Waals surface area (Å²) in [5.74, 6) is -4.05. The first-order valence-corrected chi connectivity index (χ1v) is 13.1. The molecule has 1 heterocycles. The maximum absolute atomic E-state index is 13.3. The number of carbonyl (C=O) groups excluding carboxylic acids is 3. The minimum absolute atomic E-state index is 0.113. The molecule has 0 aliphatic heterocycles. The van der Waals surface area contributed by atoms with Crippen LogP contribution in [0.5, 0.6) is 0 Å². The van der Waals surface area contributed by atoms with Gasteiger partial charge in [-0.2, -0.15) is 11.8 Å². The fraction of sp³-hybridized carbons (Fsp3) is 0.458. The Bertz CT molecular complexity index is 1120. The molecule has 0 aliphatic carbocycles. The summed E-state index contributed by atoms with van der Waals surface area (Å²) in [4.78, 5) is 64.1. The number of aromatic amines is 1. The second-order valence-corrected chi connectivity index (χ2v) is 9.57. The molecule has 0 aliphatic rings. The average Bonchev–Trinajstić information content (AvgIpc) is 3.25. The van der Waals surface area contributed by atoms with Gasteiger partial charge in [-0.1, -0.05) is 18.2 Å². The van der Waals surface area contributed by atoms with Crippen molar-refractivity contribution >= 4 is 52.3 Å². The summed E-state index contributed by atoms with van der Waals surface area (Å²) in [6.45, 7) is 1.48. The number of benzene rings is 1. The lowest BCUT2D eigenvalue weighted by atomic mass is 10.0. The van der Waals surface area contributed by atoms with E-state index in [1.54, 1.807) is 6.20 Å². The van der Waals surface area contributed by atoms with Gasteiger partial charge in [0.05, 0.1) is 6.04 Å². The van der Waals surface area contributed by atoms with Crippen LogP contribution < -0.4 is 21.7 Å². The summed E-state index contributed by atoms with van der Waals surface area (Å²) < 4.78 is 0. The Morgan fingerprint density at radius 2 is 1.57 bits per heavy atom. The minimum Gasteiger partial charge on any atom is -0.481 e. The highest BCUT2D eigenvalue weighted by atomic mass is 32.2. The van der Waals surface area contributed by atoms with Crippen molar-refractivity contribution in [3.05, 3.63) is 36.0 Å². The van der Waals surface area contributed by atoms with E-state index in [2.05, 4.69) is 20.9 Å². The number of para-hydroxylation sites is 1. The van der Waals surface area contributed by atoms with E-state index < -0.39 is 60.2 Å². The predicted octanol–water partition coefficient (Wildman–Crippen LogP) is 0.215. The number of carboxylic acid groups (broad SMARTS) is 2. The van der Waals surface area contributed by atoms with E-state index in [1.165, 1.54) is 18.7 Å². The Morgan fingerprint density at radius 3 is 2.19 bits per heavy atom. The number of carbonyl (C=O) groups is 5. The number of nitrogens with one attached hydrogen (secondary N) is 4. The maximum Gasteiger partial charge on any atom is 0.326 e. The molecular weight excluding hydrogens is 502 g/mol. The molecule has 3 amide bonds. The normalized spacial score (nSPS) is 14.2. The Labute approximate surface area is 218 Å². The molecule has 0 saturated heterocycles. The van der Waals surface area contributed by atoms with Crippen LogP contribution in [0.15, 0.2) is 30.5 Å². The molecule has 0 saturated carbocycles. The van der Waals surface area contributed by atoms with E-state index in [0.717, 1.165) is 16.5 Å². The number of aromatic nitrogens is 1. The van der Waals surface area contributed by atoms with Gasteiger partial charge in [-0.3, -0.25) is 19.2 Å². The molecule has 12 nitrogen and oxygen atoms in total. The van der Waals surface area contributed by atoms with E-state index in [9.17, 15) is 29.1 Å². The Balaban J connectivity index is 2.23. The number of rotatable bonds is 15. The standard InChI is InChI=1S/C24H33N5O7S/c1-13(25)21(32)29-19(11-14-12-26-16-6-4-3-5-15(14)16)23(34)27-17(9-10-37-2)22(33)28-18(24(35)36)7-8-20(30)31/h3-6,12-13,17-19,26H,7-11,25H2,1-2H3,(H,27,34)(H,28,33)(H,29,32)(H,30,31)(H,35,36). The quantitative estimate of drug-likeness (QED) is 0.166. The maximum atomic E-state index is 13.3. The van der Waals surface area contributed by atoms with Crippen LogP contribution in [0.2, 0.25) is 0 Å². The van der Waals surface area contributed by atoms with Crippen LogP contribution in [-0.4, -0.2) is 81.0 Å². The van der Waals surface area contributed by atoms with Crippen LogP contribution in [-0.2, 0) is 30.4 Å². The Kier molecular flexibility index (Phi) is 11.4. The van der Waals surface area contributed by atoms with Crippen molar-refractivity contribution in [3.63, 3.8) is 0 Å². The average molecular weight is 536 g/mol. The zero-order chi connectivity index (χ0) is 27.5. The van der Waals surface area contributed by atoms with Gasteiger partial charge >= 0.3 is 11.9 Å².